The van der Waals surface area contributed by atoms with Crippen LogP contribution in [-0.4, -0.2) is 20.9 Å². The molecule has 0 saturated heterocycles. The number of carbonyl (C=O) groups is 1. The lowest BCUT2D eigenvalue weighted by Crippen LogP contribution is -2.34. The van der Waals surface area contributed by atoms with Gasteiger partial charge in [0, 0.05) is 13.2 Å². The van der Waals surface area contributed by atoms with Crippen molar-refractivity contribution < 1.29 is 4.79 Å². The maximum Gasteiger partial charge on any atom is 0.233 e. The highest BCUT2D eigenvalue weighted by Crippen LogP contribution is 2.08. The van der Waals surface area contributed by atoms with Crippen molar-refractivity contribution in [3.05, 3.63) is 18.0 Å². The third-order valence-electron chi connectivity index (χ3n) is 2.11. The Bertz CT molecular complexity index is 335. The van der Waals surface area contributed by atoms with E-state index in [0.29, 0.717) is 6.54 Å². The van der Waals surface area contributed by atoms with Gasteiger partial charge in [-0.3, -0.25) is 9.48 Å². The Hall–Kier alpha value is -0.970. The van der Waals surface area contributed by atoms with Gasteiger partial charge in [0.05, 0.1) is 17.5 Å². The molecule has 0 spiro atoms. The number of hydrogen-bond donors (Lipinski definition) is 2. The number of nitrogens with zero attached hydrogens (tertiary/aromatic N) is 2. The first-order valence-corrected chi connectivity index (χ1v) is 5.46. The van der Waals surface area contributed by atoms with Gasteiger partial charge in [0.2, 0.25) is 5.91 Å². The highest BCUT2D eigenvalue weighted by atomic mass is 32.1. The van der Waals surface area contributed by atoms with Crippen molar-refractivity contribution in [3.8, 4) is 0 Å². The molecule has 0 aliphatic rings. The minimum Gasteiger partial charge on any atom is -0.349 e. The number of rotatable bonds is 4. The highest BCUT2D eigenvalue weighted by Gasteiger charge is 2.17. The largest absolute Gasteiger partial charge is 0.349 e. The van der Waals surface area contributed by atoms with Gasteiger partial charge >= 0.3 is 0 Å². The number of hydrogen-bond acceptors (Lipinski definition) is 3. The number of aromatic nitrogens is 2. The van der Waals surface area contributed by atoms with E-state index in [-0.39, 0.29) is 17.1 Å². The second-order valence-electron chi connectivity index (χ2n) is 3.89. The summed E-state index contributed by atoms with van der Waals surface area (Å²) in [5.41, 5.74) is 0.857. The molecule has 0 bridgehead atoms. The van der Waals surface area contributed by atoms with Crippen LogP contribution in [0.2, 0.25) is 0 Å². The average Bonchev–Trinajstić information content (AvgIpc) is 2.59. The van der Waals surface area contributed by atoms with Crippen LogP contribution < -0.4 is 5.32 Å². The first-order chi connectivity index (χ1) is 7.00. The van der Waals surface area contributed by atoms with E-state index >= 15 is 0 Å². The van der Waals surface area contributed by atoms with E-state index in [0.717, 1.165) is 5.69 Å². The molecule has 5 heteroatoms. The van der Waals surface area contributed by atoms with Crippen LogP contribution in [0.15, 0.2) is 12.3 Å². The van der Waals surface area contributed by atoms with Crippen LogP contribution >= 0.6 is 12.6 Å². The second kappa shape index (κ2) is 5.21. The Morgan fingerprint density at radius 2 is 2.33 bits per heavy atom. The smallest absolute Gasteiger partial charge is 0.233 e. The maximum absolute atomic E-state index is 11.5. The number of aryl methyl sites for hydroxylation is 1. The minimum atomic E-state index is -0.256. The molecule has 1 N–H and O–H groups in total. The summed E-state index contributed by atoms with van der Waals surface area (Å²) in [6.07, 6.45) is 1.85. The van der Waals surface area contributed by atoms with Crippen LogP contribution in [0, 0.1) is 5.92 Å². The van der Waals surface area contributed by atoms with Crippen LogP contribution in [0.4, 0.5) is 0 Å². The lowest BCUT2D eigenvalue weighted by molar-refractivity contribution is -0.121. The van der Waals surface area contributed by atoms with Gasteiger partial charge in [-0.1, -0.05) is 13.8 Å². The standard InChI is InChI=1S/C10H17N3OS/c1-7(2)9(15)10(14)11-6-8-4-5-13(3)12-8/h4-5,7,9,15H,6H2,1-3H3,(H,11,14). The van der Waals surface area contributed by atoms with E-state index in [1.807, 2.05) is 33.2 Å². The quantitative estimate of drug-likeness (QED) is 0.754. The molecule has 4 nitrogen and oxygen atoms in total. The van der Waals surface area contributed by atoms with Crippen molar-refractivity contribution in [3.63, 3.8) is 0 Å². The molecular weight excluding hydrogens is 210 g/mol. The van der Waals surface area contributed by atoms with Gasteiger partial charge in [-0.15, -0.1) is 0 Å². The topological polar surface area (TPSA) is 46.9 Å². The molecular formula is C10H17N3OS. The SMILES string of the molecule is CC(C)C(S)C(=O)NCc1ccn(C)n1. The predicted molar refractivity (Wildman–Crippen MR) is 62.7 cm³/mol. The minimum absolute atomic E-state index is 0.0426. The summed E-state index contributed by atoms with van der Waals surface area (Å²) in [5.74, 6) is 0.191. The molecule has 1 rings (SSSR count). The van der Waals surface area contributed by atoms with Crippen molar-refractivity contribution in [2.75, 3.05) is 0 Å². The first-order valence-electron chi connectivity index (χ1n) is 4.95. The van der Waals surface area contributed by atoms with E-state index < -0.39 is 0 Å². The Labute approximate surface area is 95.5 Å². The number of amides is 1. The molecule has 0 aromatic carbocycles. The fraction of sp³-hybridized carbons (Fsp3) is 0.600. The molecule has 1 heterocycles. The summed E-state index contributed by atoms with van der Waals surface area (Å²) in [6, 6.07) is 1.88. The molecule has 1 unspecified atom stereocenters. The monoisotopic (exact) mass is 227 g/mol. The maximum atomic E-state index is 11.5. The van der Waals surface area contributed by atoms with Gasteiger partial charge in [0.15, 0.2) is 0 Å². The summed E-state index contributed by atoms with van der Waals surface area (Å²) >= 11 is 4.23. The molecule has 0 saturated carbocycles. The molecule has 1 amide bonds. The van der Waals surface area contributed by atoms with Crippen molar-refractivity contribution >= 4 is 18.5 Å². The average molecular weight is 227 g/mol. The fourth-order valence-corrected chi connectivity index (χ4v) is 1.23. The summed E-state index contributed by atoms with van der Waals surface area (Å²) in [6.45, 7) is 4.40. The molecule has 15 heavy (non-hydrogen) atoms. The second-order valence-corrected chi connectivity index (χ2v) is 4.44. The Morgan fingerprint density at radius 3 is 2.80 bits per heavy atom. The van der Waals surface area contributed by atoms with Gasteiger partial charge in [0.1, 0.15) is 0 Å². The van der Waals surface area contributed by atoms with E-state index in [9.17, 15) is 4.79 Å². The third kappa shape index (κ3) is 3.58. The van der Waals surface area contributed by atoms with Gasteiger partial charge < -0.3 is 5.32 Å². The van der Waals surface area contributed by atoms with E-state index in [4.69, 9.17) is 0 Å². The van der Waals surface area contributed by atoms with Crippen molar-refractivity contribution in [2.24, 2.45) is 13.0 Å². The normalized spacial score (nSPS) is 12.9. The lowest BCUT2D eigenvalue weighted by atomic mass is 10.1. The Morgan fingerprint density at radius 1 is 1.67 bits per heavy atom. The van der Waals surface area contributed by atoms with Gasteiger partial charge in [-0.2, -0.15) is 17.7 Å². The highest BCUT2D eigenvalue weighted by molar-refractivity contribution is 7.81. The van der Waals surface area contributed by atoms with Crippen LogP contribution in [-0.2, 0) is 18.4 Å². The molecule has 0 aliphatic carbocycles. The molecule has 0 radical (unpaired) electrons. The zero-order valence-electron chi connectivity index (χ0n) is 9.27. The van der Waals surface area contributed by atoms with E-state index in [1.165, 1.54) is 0 Å². The first kappa shape index (κ1) is 12.1. The molecule has 1 aromatic rings. The predicted octanol–water partition coefficient (Wildman–Crippen LogP) is 0.991. The summed E-state index contributed by atoms with van der Waals surface area (Å²) in [5, 5.41) is 6.71. The molecule has 0 aliphatic heterocycles. The van der Waals surface area contributed by atoms with Crippen molar-refractivity contribution in [1.29, 1.82) is 0 Å². The van der Waals surface area contributed by atoms with Crippen LogP contribution in [0.3, 0.4) is 0 Å². The zero-order valence-corrected chi connectivity index (χ0v) is 10.2. The molecule has 1 atom stereocenters. The molecule has 84 valence electrons. The third-order valence-corrected chi connectivity index (χ3v) is 2.94. The summed E-state index contributed by atoms with van der Waals surface area (Å²) in [7, 11) is 1.85. The number of carbonyl (C=O) groups excluding carboxylic acids is 1. The zero-order chi connectivity index (χ0) is 11.4. The van der Waals surface area contributed by atoms with E-state index in [1.54, 1.807) is 4.68 Å². The van der Waals surface area contributed by atoms with Gasteiger partial charge in [0.25, 0.3) is 0 Å². The summed E-state index contributed by atoms with van der Waals surface area (Å²) < 4.78 is 1.71. The Balaban J connectivity index is 2.40. The van der Waals surface area contributed by atoms with Crippen LogP contribution in [0.1, 0.15) is 19.5 Å². The summed E-state index contributed by atoms with van der Waals surface area (Å²) in [4.78, 5) is 11.5. The van der Waals surface area contributed by atoms with Crippen molar-refractivity contribution in [2.45, 2.75) is 25.6 Å². The van der Waals surface area contributed by atoms with Crippen LogP contribution in [0.25, 0.3) is 0 Å². The number of thiol groups is 1. The van der Waals surface area contributed by atoms with Gasteiger partial charge in [-0.25, -0.2) is 0 Å². The van der Waals surface area contributed by atoms with E-state index in [2.05, 4.69) is 23.0 Å². The van der Waals surface area contributed by atoms with Gasteiger partial charge in [-0.05, 0) is 12.0 Å². The van der Waals surface area contributed by atoms with Crippen molar-refractivity contribution in [1.82, 2.24) is 15.1 Å². The molecule has 0 fully saturated rings. The number of nitrogens with one attached hydrogen (secondary N) is 1. The fourth-order valence-electron chi connectivity index (χ4n) is 1.14. The Kier molecular flexibility index (Phi) is 4.20. The van der Waals surface area contributed by atoms with Crippen LogP contribution in [0.5, 0.6) is 0 Å². The molecule has 1 aromatic heterocycles. The lowest BCUT2D eigenvalue weighted by Gasteiger charge is -2.13.